The lowest BCUT2D eigenvalue weighted by molar-refractivity contribution is 0.0597. The molecule has 0 atom stereocenters. The number of hydrogen-bond acceptors (Lipinski definition) is 4. The highest BCUT2D eigenvalue weighted by Gasteiger charge is 2.13. The molecule has 3 nitrogen and oxygen atoms in total. The molecule has 1 aromatic rings. The van der Waals surface area contributed by atoms with Gasteiger partial charge in [-0.1, -0.05) is 18.2 Å². The smallest absolute Gasteiger partial charge is 0.341 e. The average Bonchev–Trinajstić information content (AvgIpc) is 2.34. The normalized spacial score (nSPS) is 9.82. The number of halogens is 1. The van der Waals surface area contributed by atoms with Gasteiger partial charge in [-0.3, -0.25) is 0 Å². The molecule has 0 heterocycles. The minimum atomic E-state index is -0.417. The van der Waals surface area contributed by atoms with Gasteiger partial charge >= 0.3 is 5.97 Å². The van der Waals surface area contributed by atoms with E-state index in [1.807, 2.05) is 6.07 Å². The summed E-state index contributed by atoms with van der Waals surface area (Å²) in [5, 5.41) is 0.575. The standard InChI is InChI=1S/C12H13ClO3S/c1-8(13)7-17-9-4-5-10(12(14)16-3)11(6-9)15-2/h4-6H,1,7H2,2-3H3. The molecule has 1 rings (SSSR count). The SMILES string of the molecule is C=C(Cl)CSc1ccc(C(=O)OC)c(OC)c1. The summed E-state index contributed by atoms with van der Waals surface area (Å²) < 4.78 is 9.80. The number of carbonyl (C=O) groups is 1. The molecule has 0 radical (unpaired) electrons. The zero-order valence-electron chi connectivity index (χ0n) is 9.66. The summed E-state index contributed by atoms with van der Waals surface area (Å²) in [7, 11) is 2.85. The van der Waals surface area contributed by atoms with E-state index in [4.69, 9.17) is 16.3 Å². The Bertz CT molecular complexity index is 432. The zero-order valence-corrected chi connectivity index (χ0v) is 11.2. The van der Waals surface area contributed by atoms with Crippen LogP contribution in [0.3, 0.4) is 0 Å². The van der Waals surface area contributed by atoms with Gasteiger partial charge in [-0.2, -0.15) is 0 Å². The first kappa shape index (κ1) is 13.9. The third-order valence-corrected chi connectivity index (χ3v) is 3.35. The fourth-order valence-electron chi connectivity index (χ4n) is 1.20. The van der Waals surface area contributed by atoms with Crippen LogP contribution in [0.2, 0.25) is 0 Å². The average molecular weight is 273 g/mol. The molecule has 0 bridgehead atoms. The topological polar surface area (TPSA) is 35.5 Å². The monoisotopic (exact) mass is 272 g/mol. The largest absolute Gasteiger partial charge is 0.496 e. The van der Waals surface area contributed by atoms with Crippen molar-refractivity contribution >= 4 is 29.3 Å². The maximum absolute atomic E-state index is 11.4. The van der Waals surface area contributed by atoms with Crippen LogP contribution in [-0.4, -0.2) is 25.9 Å². The highest BCUT2D eigenvalue weighted by Crippen LogP contribution is 2.28. The minimum absolute atomic E-state index is 0.407. The molecule has 0 spiro atoms. The van der Waals surface area contributed by atoms with Crippen molar-refractivity contribution in [1.82, 2.24) is 0 Å². The van der Waals surface area contributed by atoms with Crippen molar-refractivity contribution in [2.45, 2.75) is 4.90 Å². The summed E-state index contributed by atoms with van der Waals surface area (Å²) >= 11 is 7.21. The number of hydrogen-bond donors (Lipinski definition) is 0. The number of carbonyl (C=O) groups excluding carboxylic acids is 1. The van der Waals surface area contributed by atoms with Gasteiger partial charge in [-0.05, 0) is 18.2 Å². The van der Waals surface area contributed by atoms with Crippen molar-refractivity contribution in [3.63, 3.8) is 0 Å². The number of methoxy groups -OCH3 is 2. The van der Waals surface area contributed by atoms with E-state index in [1.54, 1.807) is 12.1 Å². The van der Waals surface area contributed by atoms with Gasteiger partial charge in [-0.15, -0.1) is 11.8 Å². The summed E-state index contributed by atoms with van der Waals surface area (Å²) in [6, 6.07) is 5.26. The lowest BCUT2D eigenvalue weighted by Crippen LogP contribution is -2.03. The van der Waals surface area contributed by atoms with Crippen LogP contribution in [0.15, 0.2) is 34.7 Å². The Hall–Kier alpha value is -1.13. The van der Waals surface area contributed by atoms with Gasteiger partial charge in [0.15, 0.2) is 0 Å². The number of thioether (sulfide) groups is 1. The van der Waals surface area contributed by atoms with Crippen molar-refractivity contribution in [3.05, 3.63) is 35.4 Å². The molecule has 0 fully saturated rings. The Morgan fingerprint density at radius 3 is 2.71 bits per heavy atom. The van der Waals surface area contributed by atoms with Gasteiger partial charge < -0.3 is 9.47 Å². The summed E-state index contributed by atoms with van der Waals surface area (Å²) in [4.78, 5) is 12.4. The first-order valence-corrected chi connectivity index (χ1v) is 6.17. The number of esters is 1. The van der Waals surface area contributed by atoms with E-state index in [-0.39, 0.29) is 0 Å². The third kappa shape index (κ3) is 3.98. The maximum atomic E-state index is 11.4. The molecule has 0 aromatic heterocycles. The Labute approximate surface area is 110 Å². The van der Waals surface area contributed by atoms with E-state index < -0.39 is 5.97 Å². The fourth-order valence-corrected chi connectivity index (χ4v) is 2.04. The van der Waals surface area contributed by atoms with Gasteiger partial charge in [0.1, 0.15) is 11.3 Å². The Kier molecular flexibility index (Phi) is 5.38. The van der Waals surface area contributed by atoms with Crippen molar-refractivity contribution < 1.29 is 14.3 Å². The molecule has 17 heavy (non-hydrogen) atoms. The number of benzene rings is 1. The zero-order chi connectivity index (χ0) is 12.8. The molecule has 0 amide bonds. The third-order valence-electron chi connectivity index (χ3n) is 1.97. The molecular formula is C12H13ClO3S. The molecule has 0 saturated heterocycles. The molecule has 5 heteroatoms. The summed E-state index contributed by atoms with van der Waals surface area (Å²) in [5.74, 6) is 0.685. The van der Waals surface area contributed by atoms with Crippen molar-refractivity contribution in [2.24, 2.45) is 0 Å². The summed E-state index contributed by atoms with van der Waals surface area (Å²) in [5.41, 5.74) is 0.407. The predicted molar refractivity (Wildman–Crippen MR) is 70.1 cm³/mol. The lowest BCUT2D eigenvalue weighted by Gasteiger charge is -2.08. The summed E-state index contributed by atoms with van der Waals surface area (Å²) in [6.45, 7) is 3.61. The van der Waals surface area contributed by atoms with Crippen molar-refractivity contribution in [2.75, 3.05) is 20.0 Å². The highest BCUT2D eigenvalue weighted by atomic mass is 35.5. The van der Waals surface area contributed by atoms with Crippen LogP contribution in [0.25, 0.3) is 0 Å². The van der Waals surface area contributed by atoms with Gasteiger partial charge in [0, 0.05) is 15.7 Å². The second-order valence-electron chi connectivity index (χ2n) is 3.16. The molecule has 0 N–H and O–H groups in total. The molecule has 0 unspecified atom stereocenters. The van der Waals surface area contributed by atoms with Gasteiger partial charge in [0.05, 0.1) is 14.2 Å². The van der Waals surface area contributed by atoms with Crippen LogP contribution in [0.5, 0.6) is 5.75 Å². The molecule has 0 aliphatic rings. The first-order chi connectivity index (χ1) is 8.08. The second-order valence-corrected chi connectivity index (χ2v) is 4.74. The van der Waals surface area contributed by atoms with Crippen molar-refractivity contribution in [1.29, 1.82) is 0 Å². The van der Waals surface area contributed by atoms with Crippen LogP contribution < -0.4 is 4.74 Å². The number of rotatable bonds is 5. The molecule has 92 valence electrons. The van der Waals surface area contributed by atoms with E-state index in [0.717, 1.165) is 4.90 Å². The second kappa shape index (κ2) is 6.57. The molecular weight excluding hydrogens is 260 g/mol. The molecule has 0 aliphatic heterocycles. The van der Waals surface area contributed by atoms with Crippen molar-refractivity contribution in [3.8, 4) is 5.75 Å². The van der Waals surface area contributed by atoms with E-state index in [9.17, 15) is 4.79 Å². The van der Waals surface area contributed by atoms with Gasteiger partial charge in [0.25, 0.3) is 0 Å². The highest BCUT2D eigenvalue weighted by molar-refractivity contribution is 7.99. The Morgan fingerprint density at radius 2 is 2.18 bits per heavy atom. The maximum Gasteiger partial charge on any atom is 0.341 e. The van der Waals surface area contributed by atoms with Crippen LogP contribution >= 0.6 is 23.4 Å². The summed E-state index contributed by atoms with van der Waals surface area (Å²) in [6.07, 6.45) is 0. The van der Waals surface area contributed by atoms with Crippen LogP contribution in [0.4, 0.5) is 0 Å². The van der Waals surface area contributed by atoms with Crippen LogP contribution in [0, 0.1) is 0 Å². The van der Waals surface area contributed by atoms with E-state index in [0.29, 0.717) is 22.1 Å². The van der Waals surface area contributed by atoms with Gasteiger partial charge in [0.2, 0.25) is 0 Å². The minimum Gasteiger partial charge on any atom is -0.496 e. The Balaban J connectivity index is 2.92. The number of ether oxygens (including phenoxy) is 2. The first-order valence-electron chi connectivity index (χ1n) is 4.81. The van der Waals surface area contributed by atoms with E-state index >= 15 is 0 Å². The Morgan fingerprint density at radius 1 is 1.47 bits per heavy atom. The molecule has 0 saturated carbocycles. The van der Waals surface area contributed by atoms with Crippen LogP contribution in [0.1, 0.15) is 10.4 Å². The van der Waals surface area contributed by atoms with Gasteiger partial charge in [-0.25, -0.2) is 4.79 Å². The fraction of sp³-hybridized carbons (Fsp3) is 0.250. The quantitative estimate of drug-likeness (QED) is 0.608. The lowest BCUT2D eigenvalue weighted by atomic mass is 10.2. The van der Waals surface area contributed by atoms with E-state index in [1.165, 1.54) is 26.0 Å². The van der Waals surface area contributed by atoms with E-state index in [2.05, 4.69) is 11.3 Å². The predicted octanol–water partition coefficient (Wildman–Crippen LogP) is 3.33. The van der Waals surface area contributed by atoms with Crippen LogP contribution in [-0.2, 0) is 4.74 Å². The molecule has 0 aliphatic carbocycles. The molecule has 1 aromatic carbocycles.